The highest BCUT2D eigenvalue weighted by molar-refractivity contribution is 7.89. The van der Waals surface area contributed by atoms with Gasteiger partial charge in [-0.05, 0) is 36.8 Å². The third-order valence-corrected chi connectivity index (χ3v) is 5.82. The maximum atomic E-state index is 12.7. The van der Waals surface area contributed by atoms with Crippen molar-refractivity contribution in [2.75, 3.05) is 11.9 Å². The number of para-hydroxylation sites is 1. The quantitative estimate of drug-likeness (QED) is 0.563. The number of aromatic nitrogens is 1. The first-order valence-electron chi connectivity index (χ1n) is 9.26. The average molecular weight is 398 g/mol. The van der Waals surface area contributed by atoms with Gasteiger partial charge in [0.2, 0.25) is 10.0 Å². The molecule has 0 spiro atoms. The summed E-state index contributed by atoms with van der Waals surface area (Å²) in [6.07, 6.45) is 4.42. The monoisotopic (exact) mass is 397 g/mol. The van der Waals surface area contributed by atoms with Crippen LogP contribution in [-0.2, 0) is 10.0 Å². The van der Waals surface area contributed by atoms with Crippen LogP contribution in [0.3, 0.4) is 0 Å². The van der Waals surface area contributed by atoms with E-state index in [0.717, 1.165) is 24.6 Å². The first-order chi connectivity index (χ1) is 13.5. The molecular formula is C21H23N3O3S. The summed E-state index contributed by atoms with van der Waals surface area (Å²) in [5.41, 5.74) is 1.53. The lowest BCUT2D eigenvalue weighted by Gasteiger charge is -2.10. The van der Waals surface area contributed by atoms with Crippen LogP contribution in [0.15, 0.2) is 65.7 Å². The van der Waals surface area contributed by atoms with E-state index in [1.807, 2.05) is 24.3 Å². The molecule has 0 aliphatic rings. The second-order valence-electron chi connectivity index (χ2n) is 6.47. The Morgan fingerprint density at radius 1 is 1.04 bits per heavy atom. The van der Waals surface area contributed by atoms with Gasteiger partial charge >= 0.3 is 0 Å². The van der Waals surface area contributed by atoms with Crippen LogP contribution < -0.4 is 10.0 Å². The normalized spacial score (nSPS) is 11.5. The highest BCUT2D eigenvalue weighted by atomic mass is 32.2. The average Bonchev–Trinajstić information content (AvgIpc) is 2.71. The molecule has 146 valence electrons. The number of carbonyl (C=O) groups is 1. The molecule has 2 aromatic carbocycles. The second-order valence-corrected chi connectivity index (χ2v) is 8.23. The van der Waals surface area contributed by atoms with Crippen molar-refractivity contribution in [2.24, 2.45) is 0 Å². The molecule has 1 heterocycles. The Kier molecular flexibility index (Phi) is 6.38. The van der Waals surface area contributed by atoms with Crippen LogP contribution in [0.4, 0.5) is 5.69 Å². The van der Waals surface area contributed by atoms with Gasteiger partial charge in [0.05, 0.1) is 16.1 Å². The van der Waals surface area contributed by atoms with Gasteiger partial charge in [-0.15, -0.1) is 0 Å². The molecule has 6 nitrogen and oxygen atoms in total. The molecule has 0 aliphatic carbocycles. The minimum Gasteiger partial charge on any atom is -0.320 e. The van der Waals surface area contributed by atoms with Crippen molar-refractivity contribution in [3.63, 3.8) is 0 Å². The molecule has 0 unspecified atom stereocenters. The molecule has 1 amide bonds. The molecule has 28 heavy (non-hydrogen) atoms. The van der Waals surface area contributed by atoms with Crippen LogP contribution in [-0.4, -0.2) is 25.9 Å². The summed E-state index contributed by atoms with van der Waals surface area (Å²) in [6, 6.07) is 15.3. The third kappa shape index (κ3) is 4.74. The SMILES string of the molecule is CCCCCNS(=O)(=O)c1cccc(C(=O)Nc2cccc3cccnc23)c1. The molecule has 0 saturated carbocycles. The predicted octanol–water partition coefficient (Wildman–Crippen LogP) is 3.96. The standard InChI is InChI=1S/C21H23N3O3S/c1-2-3-4-14-23-28(26,27)18-11-5-9-17(15-18)21(25)24-19-12-6-8-16-10-7-13-22-20(16)19/h5-13,15,23H,2-4,14H2,1H3,(H,24,25). The summed E-state index contributed by atoms with van der Waals surface area (Å²) < 4.78 is 27.5. The molecule has 0 saturated heterocycles. The molecule has 0 aliphatic heterocycles. The first kappa shape index (κ1) is 20.0. The highest BCUT2D eigenvalue weighted by Crippen LogP contribution is 2.21. The van der Waals surface area contributed by atoms with Gasteiger partial charge in [-0.3, -0.25) is 9.78 Å². The molecule has 0 radical (unpaired) electrons. The molecule has 0 atom stereocenters. The van der Waals surface area contributed by atoms with Gasteiger partial charge in [0.1, 0.15) is 0 Å². The van der Waals surface area contributed by atoms with E-state index in [-0.39, 0.29) is 16.4 Å². The van der Waals surface area contributed by atoms with Crippen molar-refractivity contribution in [1.29, 1.82) is 0 Å². The van der Waals surface area contributed by atoms with Crippen LogP contribution in [0.25, 0.3) is 10.9 Å². The number of fused-ring (bicyclic) bond motifs is 1. The Morgan fingerprint density at radius 2 is 1.82 bits per heavy atom. The third-order valence-electron chi connectivity index (χ3n) is 4.36. The molecule has 3 rings (SSSR count). The lowest BCUT2D eigenvalue weighted by Crippen LogP contribution is -2.25. The van der Waals surface area contributed by atoms with E-state index in [2.05, 4.69) is 21.9 Å². The Balaban J connectivity index is 1.78. The van der Waals surface area contributed by atoms with Crippen LogP contribution in [0.5, 0.6) is 0 Å². The number of unbranched alkanes of at least 4 members (excludes halogenated alkanes) is 2. The Hall–Kier alpha value is -2.77. The van der Waals surface area contributed by atoms with Crippen LogP contribution in [0.1, 0.15) is 36.5 Å². The van der Waals surface area contributed by atoms with E-state index in [0.29, 0.717) is 17.7 Å². The molecule has 1 aromatic heterocycles. The van der Waals surface area contributed by atoms with E-state index >= 15 is 0 Å². The number of hydrogen-bond acceptors (Lipinski definition) is 4. The fraction of sp³-hybridized carbons (Fsp3) is 0.238. The topological polar surface area (TPSA) is 88.2 Å². The summed E-state index contributed by atoms with van der Waals surface area (Å²) in [5, 5.41) is 3.73. The number of amides is 1. The first-order valence-corrected chi connectivity index (χ1v) is 10.7. The number of anilines is 1. The van der Waals surface area contributed by atoms with Gasteiger partial charge < -0.3 is 5.32 Å². The summed E-state index contributed by atoms with van der Waals surface area (Å²) in [6.45, 7) is 2.44. The molecule has 0 bridgehead atoms. The van der Waals surface area contributed by atoms with Crippen molar-refractivity contribution in [1.82, 2.24) is 9.71 Å². The van der Waals surface area contributed by atoms with Gasteiger partial charge in [-0.1, -0.05) is 44.0 Å². The van der Waals surface area contributed by atoms with Gasteiger partial charge in [0.15, 0.2) is 0 Å². The Morgan fingerprint density at radius 3 is 2.64 bits per heavy atom. The Labute approximate surface area is 165 Å². The zero-order valence-electron chi connectivity index (χ0n) is 15.7. The highest BCUT2D eigenvalue weighted by Gasteiger charge is 2.16. The fourth-order valence-electron chi connectivity index (χ4n) is 2.87. The van der Waals surface area contributed by atoms with Gasteiger partial charge in [0, 0.05) is 23.7 Å². The van der Waals surface area contributed by atoms with Crippen LogP contribution in [0, 0.1) is 0 Å². The summed E-state index contributed by atoms with van der Waals surface area (Å²) in [7, 11) is -3.65. The number of nitrogens with zero attached hydrogens (tertiary/aromatic N) is 1. The molecule has 2 N–H and O–H groups in total. The second kappa shape index (κ2) is 8.95. The van der Waals surface area contributed by atoms with Crippen LogP contribution in [0.2, 0.25) is 0 Å². The minimum absolute atomic E-state index is 0.0766. The maximum absolute atomic E-state index is 12.7. The smallest absolute Gasteiger partial charge is 0.255 e. The number of pyridine rings is 1. The molecule has 0 fully saturated rings. The Bertz CT molecular complexity index is 1080. The largest absolute Gasteiger partial charge is 0.320 e. The van der Waals surface area contributed by atoms with Crippen molar-refractivity contribution in [3.8, 4) is 0 Å². The van der Waals surface area contributed by atoms with E-state index < -0.39 is 10.0 Å². The predicted molar refractivity (Wildman–Crippen MR) is 111 cm³/mol. The van der Waals surface area contributed by atoms with Crippen molar-refractivity contribution in [3.05, 3.63) is 66.4 Å². The number of carbonyl (C=O) groups excluding carboxylic acids is 1. The fourth-order valence-corrected chi connectivity index (χ4v) is 3.99. The van der Waals surface area contributed by atoms with Gasteiger partial charge in [-0.25, -0.2) is 13.1 Å². The van der Waals surface area contributed by atoms with E-state index in [9.17, 15) is 13.2 Å². The lowest BCUT2D eigenvalue weighted by molar-refractivity contribution is 0.102. The van der Waals surface area contributed by atoms with Gasteiger partial charge in [-0.2, -0.15) is 0 Å². The zero-order valence-corrected chi connectivity index (χ0v) is 16.5. The lowest BCUT2D eigenvalue weighted by atomic mass is 10.1. The molecular weight excluding hydrogens is 374 g/mol. The molecule has 7 heteroatoms. The summed E-state index contributed by atoms with van der Waals surface area (Å²) in [4.78, 5) is 17.1. The number of nitrogens with one attached hydrogen (secondary N) is 2. The number of hydrogen-bond donors (Lipinski definition) is 2. The van der Waals surface area contributed by atoms with Gasteiger partial charge in [0.25, 0.3) is 5.91 Å². The number of benzene rings is 2. The van der Waals surface area contributed by atoms with Crippen molar-refractivity contribution in [2.45, 2.75) is 31.1 Å². The number of rotatable bonds is 8. The zero-order chi connectivity index (χ0) is 20.0. The minimum atomic E-state index is -3.65. The number of sulfonamides is 1. The van der Waals surface area contributed by atoms with E-state index in [1.54, 1.807) is 24.4 Å². The summed E-state index contributed by atoms with van der Waals surface area (Å²) in [5.74, 6) is -0.388. The maximum Gasteiger partial charge on any atom is 0.255 e. The summed E-state index contributed by atoms with van der Waals surface area (Å²) >= 11 is 0. The van der Waals surface area contributed by atoms with Crippen LogP contribution >= 0.6 is 0 Å². The van der Waals surface area contributed by atoms with Crippen molar-refractivity contribution < 1.29 is 13.2 Å². The molecule has 3 aromatic rings. The van der Waals surface area contributed by atoms with E-state index in [4.69, 9.17) is 0 Å². The van der Waals surface area contributed by atoms with E-state index in [1.165, 1.54) is 12.1 Å². The van der Waals surface area contributed by atoms with Crippen molar-refractivity contribution >= 4 is 32.5 Å².